The van der Waals surface area contributed by atoms with Gasteiger partial charge in [0, 0.05) is 25.7 Å². The van der Waals surface area contributed by atoms with Crippen LogP contribution in [0.15, 0.2) is 0 Å². The summed E-state index contributed by atoms with van der Waals surface area (Å²) in [6.45, 7) is 8.49. The van der Waals surface area contributed by atoms with Crippen LogP contribution >= 0.6 is 12.4 Å². The Hall–Kier alpha value is -0.850. The fourth-order valence-corrected chi connectivity index (χ4v) is 2.95. The first kappa shape index (κ1) is 17.2. The van der Waals surface area contributed by atoms with E-state index in [9.17, 15) is 9.59 Å². The molecule has 20 heavy (non-hydrogen) atoms. The summed E-state index contributed by atoms with van der Waals surface area (Å²) in [5.74, 6) is 0.397. The number of hydrogen-bond acceptors (Lipinski definition) is 4. The molecule has 0 spiro atoms. The predicted octanol–water partition coefficient (Wildman–Crippen LogP) is 0.408. The minimum Gasteiger partial charge on any atom is -0.330 e. The minimum absolute atomic E-state index is 0. The second-order valence-electron chi connectivity index (χ2n) is 6.19. The molecule has 2 aliphatic heterocycles. The Kier molecular flexibility index (Phi) is 5.40. The van der Waals surface area contributed by atoms with Gasteiger partial charge in [0.1, 0.15) is 5.54 Å². The molecule has 0 aromatic rings. The molecule has 2 rings (SSSR count). The van der Waals surface area contributed by atoms with Gasteiger partial charge in [0.2, 0.25) is 0 Å². The van der Waals surface area contributed by atoms with E-state index in [2.05, 4.69) is 17.1 Å². The van der Waals surface area contributed by atoms with Gasteiger partial charge in [-0.25, -0.2) is 4.79 Å². The molecular weight excluding hydrogens is 280 g/mol. The van der Waals surface area contributed by atoms with E-state index in [1.165, 1.54) is 4.90 Å². The lowest BCUT2D eigenvalue weighted by Crippen LogP contribution is -2.42. The maximum Gasteiger partial charge on any atom is 0.325 e. The Morgan fingerprint density at radius 3 is 2.45 bits per heavy atom. The Balaban J connectivity index is 0.00000200. The highest BCUT2D eigenvalue weighted by Crippen LogP contribution is 2.22. The van der Waals surface area contributed by atoms with Gasteiger partial charge >= 0.3 is 6.03 Å². The van der Waals surface area contributed by atoms with Crippen molar-refractivity contribution in [1.29, 1.82) is 0 Å². The summed E-state index contributed by atoms with van der Waals surface area (Å²) in [6.07, 6.45) is 1.10. The van der Waals surface area contributed by atoms with E-state index >= 15 is 0 Å². The van der Waals surface area contributed by atoms with Crippen LogP contribution < -0.4 is 11.1 Å². The monoisotopic (exact) mass is 304 g/mol. The minimum atomic E-state index is -0.770. The zero-order chi connectivity index (χ0) is 14.2. The van der Waals surface area contributed by atoms with E-state index in [0.29, 0.717) is 25.0 Å². The molecule has 2 saturated heterocycles. The summed E-state index contributed by atoms with van der Waals surface area (Å²) in [5, 5.41) is 2.70. The average Bonchev–Trinajstić information content (AvgIpc) is 2.77. The van der Waals surface area contributed by atoms with Gasteiger partial charge in [-0.3, -0.25) is 14.6 Å². The summed E-state index contributed by atoms with van der Waals surface area (Å²) >= 11 is 0. The van der Waals surface area contributed by atoms with Crippen molar-refractivity contribution in [3.8, 4) is 0 Å². The second-order valence-corrected chi connectivity index (χ2v) is 6.19. The highest BCUT2D eigenvalue weighted by Gasteiger charge is 2.44. The largest absolute Gasteiger partial charge is 0.330 e. The third-order valence-corrected chi connectivity index (χ3v) is 4.18. The van der Waals surface area contributed by atoms with Crippen molar-refractivity contribution in [2.75, 3.05) is 26.2 Å². The number of rotatable bonds is 4. The number of hydrogen-bond donors (Lipinski definition) is 2. The van der Waals surface area contributed by atoms with Crippen LogP contribution in [0.1, 0.15) is 27.2 Å². The van der Waals surface area contributed by atoms with E-state index in [1.54, 1.807) is 13.8 Å². The van der Waals surface area contributed by atoms with Gasteiger partial charge < -0.3 is 11.1 Å². The second kappa shape index (κ2) is 6.28. The third kappa shape index (κ3) is 3.24. The summed E-state index contributed by atoms with van der Waals surface area (Å²) in [6, 6.07) is 0.194. The molecule has 0 aromatic heterocycles. The number of nitrogens with zero attached hydrogens (tertiary/aromatic N) is 2. The Morgan fingerprint density at radius 1 is 1.35 bits per heavy atom. The summed E-state index contributed by atoms with van der Waals surface area (Å²) < 4.78 is 0. The van der Waals surface area contributed by atoms with Crippen LogP contribution in [0.2, 0.25) is 0 Å². The average molecular weight is 305 g/mol. The van der Waals surface area contributed by atoms with Gasteiger partial charge in [0.15, 0.2) is 0 Å². The number of nitrogens with one attached hydrogen (secondary N) is 1. The maximum atomic E-state index is 12.0. The van der Waals surface area contributed by atoms with Crippen molar-refractivity contribution in [2.24, 2.45) is 11.7 Å². The third-order valence-electron chi connectivity index (χ3n) is 4.18. The van der Waals surface area contributed by atoms with Gasteiger partial charge in [-0.15, -0.1) is 12.4 Å². The molecular formula is C13H25ClN4O2. The maximum absolute atomic E-state index is 12.0. The number of halogens is 1. The van der Waals surface area contributed by atoms with Crippen LogP contribution in [-0.2, 0) is 4.79 Å². The molecule has 0 radical (unpaired) electrons. The summed E-state index contributed by atoms with van der Waals surface area (Å²) in [5.41, 5.74) is 4.93. The molecule has 0 bridgehead atoms. The van der Waals surface area contributed by atoms with Crippen LogP contribution in [0, 0.1) is 5.92 Å². The van der Waals surface area contributed by atoms with Gasteiger partial charge in [-0.2, -0.15) is 0 Å². The van der Waals surface area contributed by atoms with E-state index < -0.39 is 5.54 Å². The van der Waals surface area contributed by atoms with Gasteiger partial charge in [0.05, 0.1) is 0 Å². The summed E-state index contributed by atoms with van der Waals surface area (Å²) in [7, 11) is 0. The van der Waals surface area contributed by atoms with E-state index in [0.717, 1.165) is 19.5 Å². The van der Waals surface area contributed by atoms with Crippen LogP contribution in [0.3, 0.4) is 0 Å². The van der Waals surface area contributed by atoms with Crippen molar-refractivity contribution in [1.82, 2.24) is 15.1 Å². The molecule has 0 aromatic carbocycles. The number of carbonyl (C=O) groups excluding carboxylic acids is 2. The number of carbonyl (C=O) groups is 2. The van der Waals surface area contributed by atoms with Crippen molar-refractivity contribution in [3.05, 3.63) is 0 Å². The normalized spacial score (nSPS) is 29.5. The van der Waals surface area contributed by atoms with Crippen LogP contribution in [0.4, 0.5) is 4.79 Å². The molecule has 7 heteroatoms. The van der Waals surface area contributed by atoms with Gasteiger partial charge in [-0.05, 0) is 39.7 Å². The SMILES string of the molecule is CC1CC(CN)CN1CCN1C(=O)NC(C)(C)C1=O.Cl. The smallest absolute Gasteiger partial charge is 0.325 e. The zero-order valence-corrected chi connectivity index (χ0v) is 13.2. The topological polar surface area (TPSA) is 78.7 Å². The lowest BCUT2D eigenvalue weighted by molar-refractivity contribution is -0.130. The quantitative estimate of drug-likeness (QED) is 0.737. The first-order chi connectivity index (χ1) is 8.85. The number of amides is 3. The molecule has 2 fully saturated rings. The highest BCUT2D eigenvalue weighted by molar-refractivity contribution is 6.06. The summed E-state index contributed by atoms with van der Waals surface area (Å²) in [4.78, 5) is 27.4. The molecule has 2 aliphatic rings. The molecule has 6 nitrogen and oxygen atoms in total. The lowest BCUT2D eigenvalue weighted by atomic mass is 10.1. The van der Waals surface area contributed by atoms with Crippen molar-refractivity contribution in [2.45, 2.75) is 38.8 Å². The number of nitrogens with two attached hydrogens (primary N) is 1. The molecule has 116 valence electrons. The zero-order valence-electron chi connectivity index (χ0n) is 12.4. The van der Waals surface area contributed by atoms with Crippen LogP contribution in [0.25, 0.3) is 0 Å². The first-order valence-electron chi connectivity index (χ1n) is 6.93. The van der Waals surface area contributed by atoms with Crippen molar-refractivity contribution < 1.29 is 9.59 Å². The van der Waals surface area contributed by atoms with Gasteiger partial charge in [-0.1, -0.05) is 0 Å². The highest BCUT2D eigenvalue weighted by atomic mass is 35.5. The van der Waals surface area contributed by atoms with Crippen LogP contribution in [-0.4, -0.2) is 59.5 Å². The lowest BCUT2D eigenvalue weighted by Gasteiger charge is -2.23. The van der Waals surface area contributed by atoms with E-state index in [-0.39, 0.29) is 24.3 Å². The Bertz CT molecular complexity index is 389. The van der Waals surface area contributed by atoms with Crippen molar-refractivity contribution in [3.63, 3.8) is 0 Å². The number of likely N-dealkylation sites (tertiary alicyclic amines) is 1. The molecule has 2 unspecified atom stereocenters. The van der Waals surface area contributed by atoms with E-state index in [1.807, 2.05) is 0 Å². The molecule has 3 amide bonds. The fourth-order valence-electron chi connectivity index (χ4n) is 2.95. The standard InChI is InChI=1S/C13H24N4O2.ClH/c1-9-6-10(7-14)8-16(9)4-5-17-11(18)13(2,3)15-12(17)19;/h9-10H,4-8,14H2,1-3H3,(H,15,19);1H. The van der Waals surface area contributed by atoms with Crippen LogP contribution in [0.5, 0.6) is 0 Å². The molecule has 0 aliphatic carbocycles. The Labute approximate surface area is 126 Å². The molecule has 2 atom stereocenters. The fraction of sp³-hybridized carbons (Fsp3) is 0.846. The van der Waals surface area contributed by atoms with Crippen molar-refractivity contribution >= 4 is 24.3 Å². The predicted molar refractivity (Wildman–Crippen MR) is 79.8 cm³/mol. The number of imide groups is 1. The molecule has 2 heterocycles. The first-order valence-corrected chi connectivity index (χ1v) is 6.93. The molecule has 0 saturated carbocycles. The van der Waals surface area contributed by atoms with Gasteiger partial charge in [0.25, 0.3) is 5.91 Å². The van der Waals surface area contributed by atoms with E-state index in [4.69, 9.17) is 5.73 Å². The number of urea groups is 1. The Morgan fingerprint density at radius 2 is 2.00 bits per heavy atom. The molecule has 3 N–H and O–H groups in total.